The molecule has 0 atom stereocenters. The topological polar surface area (TPSA) is 143 Å². The molecule has 35 heavy (non-hydrogen) atoms. The van der Waals surface area contributed by atoms with Crippen molar-refractivity contribution in [2.45, 2.75) is 0 Å². The van der Waals surface area contributed by atoms with E-state index in [0.29, 0.717) is 17.4 Å². The van der Waals surface area contributed by atoms with Gasteiger partial charge in [-0.25, -0.2) is 13.2 Å². The molecule has 2 saturated heterocycles. The van der Waals surface area contributed by atoms with Crippen LogP contribution in [0.3, 0.4) is 0 Å². The average molecular weight is 499 g/mol. The number of nitro groups is 1. The van der Waals surface area contributed by atoms with Gasteiger partial charge in [0.1, 0.15) is 5.69 Å². The van der Waals surface area contributed by atoms with Crippen LogP contribution < -0.4 is 27.4 Å². The number of rotatable bonds is 2. The highest BCUT2D eigenvalue weighted by atomic mass is 19.2. The van der Waals surface area contributed by atoms with Crippen LogP contribution in [0.5, 0.6) is 0 Å². The van der Waals surface area contributed by atoms with E-state index in [1.54, 1.807) is 12.1 Å². The monoisotopic (exact) mass is 498 g/mol. The van der Waals surface area contributed by atoms with Crippen molar-refractivity contribution in [3.63, 3.8) is 0 Å². The predicted octanol–water partition coefficient (Wildman–Crippen LogP) is 1.72. The van der Waals surface area contributed by atoms with Crippen molar-refractivity contribution in [2.24, 2.45) is 0 Å². The number of hydrogen-bond donors (Lipinski definition) is 4. The molecule has 0 unspecified atom stereocenters. The van der Waals surface area contributed by atoms with Gasteiger partial charge < -0.3 is 37.2 Å². The number of likely N-dealkylation sites (N-methyl/N-ethyl adjacent to an activating group) is 2. The largest absolute Gasteiger partial charge is 0.397 e. The second kappa shape index (κ2) is 13.0. The van der Waals surface area contributed by atoms with Gasteiger partial charge in [0.05, 0.1) is 22.0 Å². The molecule has 2 aliphatic rings. The predicted molar refractivity (Wildman–Crippen MR) is 133 cm³/mol. The van der Waals surface area contributed by atoms with Crippen molar-refractivity contribution in [1.29, 1.82) is 0 Å². The van der Waals surface area contributed by atoms with Crippen molar-refractivity contribution in [2.75, 3.05) is 88.6 Å². The third-order valence-electron chi connectivity index (χ3n) is 5.68. The fraction of sp³-hybridized carbons (Fsp3) is 0.455. The summed E-state index contributed by atoms with van der Waals surface area (Å²) >= 11 is 0. The third kappa shape index (κ3) is 7.87. The maximum atomic E-state index is 13.9. The van der Waals surface area contributed by atoms with Crippen LogP contribution in [0, 0.1) is 27.6 Å². The van der Waals surface area contributed by atoms with E-state index in [0.717, 1.165) is 45.3 Å². The van der Waals surface area contributed by atoms with E-state index in [1.165, 1.54) is 13.1 Å². The van der Waals surface area contributed by atoms with E-state index in [4.69, 9.17) is 17.2 Å². The molecule has 4 rings (SSSR count). The minimum Gasteiger partial charge on any atom is -0.397 e. The number of nitrogens with two attached hydrogens (primary N) is 3. The lowest BCUT2D eigenvalue weighted by molar-refractivity contribution is -0.384. The highest BCUT2D eigenvalue weighted by Gasteiger charge is 2.19. The lowest BCUT2D eigenvalue weighted by atomic mass is 10.2. The highest BCUT2D eigenvalue weighted by Crippen LogP contribution is 2.29. The second-order valence-electron chi connectivity index (χ2n) is 8.30. The third-order valence-corrected chi connectivity index (χ3v) is 5.68. The first-order valence-corrected chi connectivity index (χ1v) is 11.1. The lowest BCUT2D eigenvalue weighted by Crippen LogP contribution is -2.44. The van der Waals surface area contributed by atoms with Gasteiger partial charge in [0, 0.05) is 58.4 Å². The molecule has 0 aromatic heterocycles. The quantitative estimate of drug-likeness (QED) is 0.276. The van der Waals surface area contributed by atoms with Crippen LogP contribution in [0.15, 0.2) is 24.3 Å². The standard InChI is InChI=1S/C11H17FN4.C6H4F2N2O2.C5H12N2/c1-15-4-6-16(7-5-15)9-3-2-8(13)11(14)10(9)12;7-3-1-2-4(10(11)12)6(9)5(3)8;1-7-4-2-6-3-5-7/h2-3H,4-7,13-14H2,1H3;1-2H,9H2;6H,2-5H2,1H3. The number of nitrogen functional groups attached to an aromatic ring is 3. The molecule has 0 amide bonds. The van der Waals surface area contributed by atoms with Gasteiger partial charge in [-0.15, -0.1) is 0 Å². The summed E-state index contributed by atoms with van der Waals surface area (Å²) < 4.78 is 38.8. The number of piperazine rings is 2. The highest BCUT2D eigenvalue weighted by molar-refractivity contribution is 5.71. The van der Waals surface area contributed by atoms with Crippen LogP contribution >= 0.6 is 0 Å². The number of nitro benzene ring substituents is 1. The summed E-state index contributed by atoms with van der Waals surface area (Å²) in [5.74, 6) is -2.98. The zero-order valence-electron chi connectivity index (χ0n) is 19.9. The Bertz CT molecular complexity index is 997. The van der Waals surface area contributed by atoms with Crippen molar-refractivity contribution in [1.82, 2.24) is 15.1 Å². The van der Waals surface area contributed by atoms with Gasteiger partial charge in [-0.1, -0.05) is 0 Å². The summed E-state index contributed by atoms with van der Waals surface area (Å²) in [6.45, 7) is 8.24. The number of benzene rings is 2. The summed E-state index contributed by atoms with van der Waals surface area (Å²) in [4.78, 5) is 15.8. The van der Waals surface area contributed by atoms with Gasteiger partial charge in [-0.3, -0.25) is 10.1 Å². The Labute approximate surface area is 202 Å². The molecule has 0 saturated carbocycles. The number of hydrogen-bond acceptors (Lipinski definition) is 9. The molecule has 0 spiro atoms. The number of nitrogens with zero attached hydrogens (tertiary/aromatic N) is 4. The van der Waals surface area contributed by atoms with Crippen molar-refractivity contribution >= 4 is 28.4 Å². The SMILES string of the molecule is CN1CCN(c2ccc(N)c(N)c2F)CC1.CN1CCNCC1.Nc1c([N+](=O)[O-])ccc(F)c1F. The van der Waals surface area contributed by atoms with Crippen molar-refractivity contribution in [3.05, 3.63) is 51.8 Å². The van der Waals surface area contributed by atoms with Crippen LogP contribution in [0.1, 0.15) is 0 Å². The minimum absolute atomic E-state index is 0.0522. The summed E-state index contributed by atoms with van der Waals surface area (Å²) in [6, 6.07) is 4.83. The van der Waals surface area contributed by atoms with E-state index in [-0.39, 0.29) is 5.69 Å². The molecule has 0 bridgehead atoms. The molecule has 194 valence electrons. The van der Waals surface area contributed by atoms with E-state index in [2.05, 4.69) is 29.2 Å². The minimum atomic E-state index is -1.38. The molecular weight excluding hydrogens is 465 g/mol. The molecule has 2 heterocycles. The van der Waals surface area contributed by atoms with Gasteiger partial charge in [0.25, 0.3) is 5.69 Å². The Morgan fingerprint density at radius 3 is 1.91 bits per heavy atom. The second-order valence-corrected chi connectivity index (χ2v) is 8.30. The number of halogens is 3. The van der Waals surface area contributed by atoms with Crippen molar-refractivity contribution in [3.8, 4) is 0 Å². The van der Waals surface area contributed by atoms with Gasteiger partial charge >= 0.3 is 0 Å². The molecule has 0 aliphatic carbocycles. The molecule has 13 heteroatoms. The van der Waals surface area contributed by atoms with Crippen LogP contribution in [-0.4, -0.2) is 81.2 Å². The van der Waals surface area contributed by atoms with Gasteiger partial charge in [0.15, 0.2) is 17.5 Å². The first-order valence-electron chi connectivity index (χ1n) is 11.1. The Morgan fingerprint density at radius 2 is 1.40 bits per heavy atom. The molecule has 2 fully saturated rings. The van der Waals surface area contributed by atoms with Crippen molar-refractivity contribution < 1.29 is 18.1 Å². The molecule has 7 N–H and O–H groups in total. The van der Waals surface area contributed by atoms with Crippen LogP contribution in [0.25, 0.3) is 0 Å². The zero-order chi connectivity index (χ0) is 26.1. The summed E-state index contributed by atoms with van der Waals surface area (Å²) in [5, 5.41) is 13.4. The smallest absolute Gasteiger partial charge is 0.295 e. The number of anilines is 4. The van der Waals surface area contributed by atoms with E-state index in [1.807, 2.05) is 4.90 Å². The van der Waals surface area contributed by atoms with E-state index < -0.39 is 33.7 Å². The van der Waals surface area contributed by atoms with Gasteiger partial charge in [0.2, 0.25) is 0 Å². The average Bonchev–Trinajstić information content (AvgIpc) is 2.83. The summed E-state index contributed by atoms with van der Waals surface area (Å²) in [7, 11) is 4.21. The molecule has 2 aromatic rings. The summed E-state index contributed by atoms with van der Waals surface area (Å²) in [6.07, 6.45) is 0. The van der Waals surface area contributed by atoms with Gasteiger partial charge in [-0.2, -0.15) is 0 Å². The zero-order valence-corrected chi connectivity index (χ0v) is 19.9. The van der Waals surface area contributed by atoms with E-state index >= 15 is 0 Å². The van der Waals surface area contributed by atoms with Crippen LogP contribution in [0.4, 0.5) is 41.6 Å². The first-order chi connectivity index (χ1) is 16.5. The molecule has 10 nitrogen and oxygen atoms in total. The Kier molecular flexibility index (Phi) is 10.4. The Morgan fingerprint density at radius 1 is 0.829 bits per heavy atom. The van der Waals surface area contributed by atoms with E-state index in [9.17, 15) is 23.3 Å². The van der Waals surface area contributed by atoms with Gasteiger partial charge in [-0.05, 0) is 32.3 Å². The normalized spacial score (nSPS) is 16.5. The maximum Gasteiger partial charge on any atom is 0.295 e. The lowest BCUT2D eigenvalue weighted by Gasteiger charge is -2.34. The number of nitrogens with one attached hydrogen (secondary N) is 1. The fourth-order valence-electron chi connectivity index (χ4n) is 3.38. The Balaban J connectivity index is 0.000000200. The fourth-order valence-corrected chi connectivity index (χ4v) is 3.38. The molecule has 2 aromatic carbocycles. The summed E-state index contributed by atoms with van der Waals surface area (Å²) in [5.41, 5.74) is 15.6. The molecular formula is C22H33F3N8O2. The first kappa shape index (κ1) is 28.0. The maximum absolute atomic E-state index is 13.9. The van der Waals surface area contributed by atoms with Crippen LogP contribution in [0.2, 0.25) is 0 Å². The molecule has 2 aliphatic heterocycles. The Hall–Kier alpha value is -3.29. The molecule has 0 radical (unpaired) electrons. The van der Waals surface area contributed by atoms with Crippen LogP contribution in [-0.2, 0) is 0 Å².